The molecule has 33 heavy (non-hydrogen) atoms. The van der Waals surface area contributed by atoms with Gasteiger partial charge in [-0.1, -0.05) is 65.4 Å². The summed E-state index contributed by atoms with van der Waals surface area (Å²) in [6.07, 6.45) is 1.23. The van der Waals surface area contributed by atoms with Crippen LogP contribution < -0.4 is 10.6 Å². The summed E-state index contributed by atoms with van der Waals surface area (Å²) in [5, 5.41) is 6.95. The zero-order chi connectivity index (χ0) is 23.3. The van der Waals surface area contributed by atoms with Crippen molar-refractivity contribution in [2.75, 3.05) is 5.32 Å². The summed E-state index contributed by atoms with van der Waals surface area (Å²) >= 11 is 4.93. The largest absolute Gasteiger partial charge is 0.362 e. The molecule has 0 fully saturated rings. The van der Waals surface area contributed by atoms with Crippen LogP contribution >= 0.6 is 27.3 Å². The number of nitrogens with one attached hydrogen (secondary N) is 2. The summed E-state index contributed by atoms with van der Waals surface area (Å²) in [5.41, 5.74) is 4.62. The van der Waals surface area contributed by atoms with Crippen LogP contribution in [0.2, 0.25) is 0 Å². The molecule has 1 unspecified atom stereocenters. The van der Waals surface area contributed by atoms with Gasteiger partial charge in [-0.15, -0.1) is 0 Å². The van der Waals surface area contributed by atoms with Crippen molar-refractivity contribution in [2.24, 2.45) is 5.41 Å². The molecule has 0 bridgehead atoms. The number of benzene rings is 2. The third-order valence-electron chi connectivity index (χ3n) is 6.20. The fourth-order valence-corrected chi connectivity index (χ4v) is 5.94. The molecular formula is C26H24BrN3O2S. The van der Waals surface area contributed by atoms with Gasteiger partial charge in [-0.25, -0.2) is 4.98 Å². The predicted octanol–water partition coefficient (Wildman–Crippen LogP) is 6.30. The Kier molecular flexibility index (Phi) is 5.49. The first-order valence-corrected chi connectivity index (χ1v) is 12.5. The van der Waals surface area contributed by atoms with Crippen LogP contribution in [0.1, 0.15) is 45.1 Å². The van der Waals surface area contributed by atoms with Crippen molar-refractivity contribution in [2.45, 2.75) is 39.5 Å². The number of fused-ring (bicyclic) bond motifs is 1. The van der Waals surface area contributed by atoms with Gasteiger partial charge in [0.05, 0.1) is 10.2 Å². The molecule has 3 aromatic rings. The van der Waals surface area contributed by atoms with Crippen molar-refractivity contribution in [3.8, 4) is 0 Å². The van der Waals surface area contributed by atoms with E-state index in [0.717, 1.165) is 38.1 Å². The average Bonchev–Trinajstić information content (AvgIpc) is 3.14. The smallest absolute Gasteiger partial charge is 0.256 e. The van der Waals surface area contributed by atoms with E-state index in [0.29, 0.717) is 22.7 Å². The van der Waals surface area contributed by atoms with Gasteiger partial charge >= 0.3 is 0 Å². The average molecular weight is 522 g/mol. The summed E-state index contributed by atoms with van der Waals surface area (Å²) < 4.78 is 1.96. The minimum Gasteiger partial charge on any atom is -0.362 e. The van der Waals surface area contributed by atoms with E-state index in [1.165, 1.54) is 11.3 Å². The highest BCUT2D eigenvalue weighted by Gasteiger charge is 2.42. The van der Waals surface area contributed by atoms with Gasteiger partial charge in [0.1, 0.15) is 0 Å². The maximum Gasteiger partial charge on any atom is 0.256 e. The third-order valence-corrected chi connectivity index (χ3v) is 7.68. The SMILES string of the molecule is CC1=C(C(=O)Nc2nc3ccccc3s2)C(c2ccc(Br)cc2)C2=C(CC(C)(C)CC2=O)N1. The van der Waals surface area contributed by atoms with Gasteiger partial charge in [-0.05, 0) is 48.6 Å². The highest BCUT2D eigenvalue weighted by Crippen LogP contribution is 2.47. The molecule has 1 aliphatic carbocycles. The molecule has 2 aliphatic rings. The Bertz CT molecular complexity index is 1320. The van der Waals surface area contributed by atoms with Crippen LogP contribution in [-0.4, -0.2) is 16.7 Å². The molecule has 2 N–H and O–H groups in total. The summed E-state index contributed by atoms with van der Waals surface area (Å²) in [7, 11) is 0. The van der Waals surface area contributed by atoms with Gasteiger partial charge < -0.3 is 5.32 Å². The molecule has 1 atom stereocenters. The first kappa shape index (κ1) is 22.0. The molecule has 7 heteroatoms. The lowest BCUT2D eigenvalue weighted by molar-refractivity contribution is -0.118. The number of aromatic nitrogens is 1. The number of anilines is 1. The standard InChI is InChI=1S/C26H24BrN3O2S/c1-14-21(24(32)30-25-29-17-6-4-5-7-20(17)33-25)22(15-8-10-16(27)11-9-15)23-18(28-14)12-26(2,3)13-19(23)31/h4-11,22,28H,12-13H2,1-3H3,(H,29,30,32). The minimum atomic E-state index is -0.424. The molecule has 0 saturated carbocycles. The molecule has 5 nitrogen and oxygen atoms in total. The molecule has 1 amide bonds. The first-order valence-electron chi connectivity index (χ1n) is 10.9. The Balaban J connectivity index is 1.57. The van der Waals surface area contributed by atoms with Gasteiger partial charge in [0.15, 0.2) is 10.9 Å². The first-order chi connectivity index (χ1) is 15.7. The maximum absolute atomic E-state index is 13.6. The second-order valence-electron chi connectivity index (χ2n) is 9.42. The van der Waals surface area contributed by atoms with Crippen LogP contribution in [0.25, 0.3) is 10.2 Å². The topological polar surface area (TPSA) is 71.1 Å². The normalized spacial score (nSPS) is 20.0. The number of rotatable bonds is 3. The Morgan fingerprint density at radius 2 is 1.88 bits per heavy atom. The second-order valence-corrected chi connectivity index (χ2v) is 11.4. The number of amides is 1. The number of allylic oxidation sites excluding steroid dienone is 3. The molecule has 0 saturated heterocycles. The van der Waals surface area contributed by atoms with Crippen molar-refractivity contribution in [1.82, 2.24) is 10.3 Å². The summed E-state index contributed by atoms with van der Waals surface area (Å²) in [4.78, 5) is 31.6. The molecule has 1 aliphatic heterocycles. The highest BCUT2D eigenvalue weighted by molar-refractivity contribution is 9.10. The lowest BCUT2D eigenvalue weighted by Gasteiger charge is -2.39. The number of nitrogens with zero attached hydrogens (tertiary/aromatic N) is 1. The maximum atomic E-state index is 13.6. The lowest BCUT2D eigenvalue weighted by Crippen LogP contribution is -2.39. The Labute approximate surface area is 205 Å². The van der Waals surface area contributed by atoms with Crippen molar-refractivity contribution in [1.29, 1.82) is 0 Å². The molecule has 1 aromatic heterocycles. The van der Waals surface area contributed by atoms with Gasteiger partial charge in [-0.3, -0.25) is 14.9 Å². The van der Waals surface area contributed by atoms with Gasteiger partial charge in [0.2, 0.25) is 0 Å². The number of hydrogen-bond donors (Lipinski definition) is 2. The third kappa shape index (κ3) is 4.15. The Morgan fingerprint density at radius 1 is 1.15 bits per heavy atom. The highest BCUT2D eigenvalue weighted by atomic mass is 79.9. The van der Waals surface area contributed by atoms with E-state index >= 15 is 0 Å². The number of Topliss-reactive ketones (excluding diaryl/α,β-unsaturated/α-hetero) is 1. The molecule has 168 valence electrons. The van der Waals surface area contributed by atoms with Crippen LogP contribution in [0.15, 0.2) is 75.5 Å². The van der Waals surface area contributed by atoms with Crippen LogP contribution in [0, 0.1) is 5.41 Å². The lowest BCUT2D eigenvalue weighted by atomic mass is 9.68. The quantitative estimate of drug-likeness (QED) is 0.424. The predicted molar refractivity (Wildman–Crippen MR) is 136 cm³/mol. The van der Waals surface area contributed by atoms with E-state index < -0.39 is 5.92 Å². The van der Waals surface area contributed by atoms with E-state index in [9.17, 15) is 9.59 Å². The number of ketones is 1. The van der Waals surface area contributed by atoms with Crippen LogP contribution in [0.4, 0.5) is 5.13 Å². The van der Waals surface area contributed by atoms with Gasteiger partial charge in [0.25, 0.3) is 5.91 Å². The molecular weight excluding hydrogens is 498 g/mol. The fraction of sp³-hybridized carbons (Fsp3) is 0.269. The second kappa shape index (κ2) is 8.22. The van der Waals surface area contributed by atoms with Gasteiger partial charge in [-0.2, -0.15) is 0 Å². The monoisotopic (exact) mass is 521 g/mol. The van der Waals surface area contributed by atoms with Crippen molar-refractivity contribution in [3.05, 3.63) is 81.1 Å². The van der Waals surface area contributed by atoms with Crippen LogP contribution in [0.3, 0.4) is 0 Å². The summed E-state index contributed by atoms with van der Waals surface area (Å²) in [5.74, 6) is -0.567. The Morgan fingerprint density at radius 3 is 2.61 bits per heavy atom. The number of thiazole rings is 1. The summed E-state index contributed by atoms with van der Waals surface area (Å²) in [6, 6.07) is 15.7. The van der Waals surface area contributed by atoms with E-state index in [-0.39, 0.29) is 17.1 Å². The van der Waals surface area contributed by atoms with E-state index in [1.807, 2.05) is 55.5 Å². The Hall–Kier alpha value is -2.77. The molecule has 2 heterocycles. The minimum absolute atomic E-state index is 0.0967. The zero-order valence-electron chi connectivity index (χ0n) is 18.7. The zero-order valence-corrected chi connectivity index (χ0v) is 21.1. The molecule has 0 radical (unpaired) electrons. The summed E-state index contributed by atoms with van der Waals surface area (Å²) in [6.45, 7) is 6.13. The van der Waals surface area contributed by atoms with E-state index in [1.54, 1.807) is 0 Å². The number of halogens is 1. The fourth-order valence-electron chi connectivity index (χ4n) is 4.82. The van der Waals surface area contributed by atoms with E-state index in [4.69, 9.17) is 0 Å². The van der Waals surface area contributed by atoms with Crippen LogP contribution in [-0.2, 0) is 9.59 Å². The number of para-hydroxylation sites is 1. The molecule has 2 aromatic carbocycles. The molecule has 5 rings (SSSR count). The van der Waals surface area contributed by atoms with Crippen LogP contribution in [0.5, 0.6) is 0 Å². The number of hydrogen-bond acceptors (Lipinski definition) is 5. The van der Waals surface area contributed by atoms with Crippen molar-refractivity contribution >= 4 is 54.3 Å². The molecule has 0 spiro atoms. The van der Waals surface area contributed by atoms with Crippen molar-refractivity contribution < 1.29 is 9.59 Å². The van der Waals surface area contributed by atoms with Crippen molar-refractivity contribution in [3.63, 3.8) is 0 Å². The number of dihydropyridines is 1. The van der Waals surface area contributed by atoms with Gasteiger partial charge in [0, 0.05) is 39.4 Å². The number of carbonyl (C=O) groups is 2. The number of carbonyl (C=O) groups excluding carboxylic acids is 2. The van der Waals surface area contributed by atoms with E-state index in [2.05, 4.69) is 45.4 Å².